The molecule has 6 heteroatoms. The number of rotatable bonds is 0. The summed E-state index contributed by atoms with van der Waals surface area (Å²) < 4.78 is 2.48. The van der Waals surface area contributed by atoms with Gasteiger partial charge in [-0.25, -0.2) is 0 Å². The Kier molecular flexibility index (Phi) is 4.49. The van der Waals surface area contributed by atoms with E-state index in [9.17, 15) is 4.79 Å². The fourth-order valence-electron chi connectivity index (χ4n) is 3.05. The molecule has 2 atom stereocenters. The average molecular weight is 288 g/mol. The number of hydrogen-bond acceptors (Lipinski definition) is 3. The fraction of sp³-hybridized carbons (Fsp3) is 0.500. The first-order valence-corrected chi connectivity index (χ1v) is 6.62. The second kappa shape index (κ2) is 5.59. The van der Waals surface area contributed by atoms with E-state index in [1.165, 1.54) is 0 Å². The SMILES string of the molecule is O=c1cccc2n1CC1C[C@H]2CN(C(=S)[S-])C1.[Na+]. The van der Waals surface area contributed by atoms with Crippen LogP contribution in [0.25, 0.3) is 0 Å². The molecule has 0 aromatic carbocycles. The first kappa shape index (κ1) is 14.5. The van der Waals surface area contributed by atoms with Crippen LogP contribution < -0.4 is 35.1 Å². The molecule has 3 nitrogen and oxygen atoms in total. The molecule has 1 aromatic rings. The number of fused-ring (bicyclic) bond motifs is 4. The summed E-state index contributed by atoms with van der Waals surface area (Å²) in [6.45, 7) is 2.57. The topological polar surface area (TPSA) is 25.2 Å². The van der Waals surface area contributed by atoms with Crippen molar-refractivity contribution in [3.05, 3.63) is 34.2 Å². The van der Waals surface area contributed by atoms with E-state index in [2.05, 4.69) is 11.0 Å². The summed E-state index contributed by atoms with van der Waals surface area (Å²) >= 11 is 10.2. The minimum atomic E-state index is 0. The van der Waals surface area contributed by atoms with E-state index in [0.29, 0.717) is 16.2 Å². The molecule has 1 unspecified atom stereocenters. The number of thiocarbonyl (C=S) groups is 1. The second-order valence-corrected chi connectivity index (χ2v) is 5.90. The molecule has 2 aliphatic heterocycles. The first-order chi connectivity index (χ1) is 8.15. The van der Waals surface area contributed by atoms with Crippen molar-refractivity contribution < 1.29 is 29.6 Å². The number of hydrogen-bond donors (Lipinski definition) is 0. The van der Waals surface area contributed by atoms with Gasteiger partial charge in [0, 0.05) is 37.3 Å². The fourth-order valence-corrected chi connectivity index (χ4v) is 3.34. The van der Waals surface area contributed by atoms with Crippen LogP contribution in [0.2, 0.25) is 0 Å². The van der Waals surface area contributed by atoms with Gasteiger partial charge in [-0.2, -0.15) is 0 Å². The molecule has 3 heterocycles. The largest absolute Gasteiger partial charge is 1.00 e. The maximum absolute atomic E-state index is 11.8. The predicted octanol–water partition coefficient (Wildman–Crippen LogP) is -1.90. The zero-order valence-electron chi connectivity index (χ0n) is 10.3. The van der Waals surface area contributed by atoms with E-state index < -0.39 is 0 Å². The molecule has 1 fully saturated rings. The number of nitrogens with zero attached hydrogens (tertiary/aromatic N) is 2. The molecule has 3 rings (SSSR count). The van der Waals surface area contributed by atoms with Crippen LogP contribution in [0.1, 0.15) is 18.0 Å². The molecule has 90 valence electrons. The molecule has 0 radical (unpaired) electrons. The van der Waals surface area contributed by atoms with Crippen molar-refractivity contribution in [1.29, 1.82) is 0 Å². The molecular formula is C12H13N2NaOS2. The van der Waals surface area contributed by atoms with Gasteiger partial charge in [0.25, 0.3) is 5.56 Å². The van der Waals surface area contributed by atoms with Crippen molar-refractivity contribution in [3.63, 3.8) is 0 Å². The van der Waals surface area contributed by atoms with Crippen molar-refractivity contribution in [2.24, 2.45) is 5.92 Å². The minimum absolute atomic E-state index is 0. The van der Waals surface area contributed by atoms with Gasteiger partial charge in [-0.15, -0.1) is 0 Å². The minimum Gasteiger partial charge on any atom is -0.411 e. The van der Waals surface area contributed by atoms with Crippen molar-refractivity contribution in [1.82, 2.24) is 9.47 Å². The average Bonchev–Trinajstić information content (AvgIpc) is 2.30. The summed E-state index contributed by atoms with van der Waals surface area (Å²) in [4.78, 5) is 13.9. The van der Waals surface area contributed by atoms with E-state index in [1.54, 1.807) is 6.07 Å². The Balaban J connectivity index is 0.00000120. The van der Waals surface area contributed by atoms with Crippen LogP contribution in [0, 0.1) is 5.92 Å². The third-order valence-electron chi connectivity index (χ3n) is 3.74. The Morgan fingerprint density at radius 2 is 2.11 bits per heavy atom. The van der Waals surface area contributed by atoms with E-state index >= 15 is 0 Å². The molecular weight excluding hydrogens is 275 g/mol. The van der Waals surface area contributed by atoms with Crippen LogP contribution in [0.15, 0.2) is 23.0 Å². The maximum Gasteiger partial charge on any atom is 1.00 e. The van der Waals surface area contributed by atoms with Crippen LogP contribution in [0.5, 0.6) is 0 Å². The summed E-state index contributed by atoms with van der Waals surface area (Å²) in [5, 5.41) is 0. The van der Waals surface area contributed by atoms with Gasteiger partial charge < -0.3 is 34.3 Å². The molecule has 0 N–H and O–H groups in total. The molecule has 2 aliphatic rings. The van der Waals surface area contributed by atoms with Gasteiger partial charge in [0.05, 0.1) is 0 Å². The number of aromatic nitrogens is 1. The summed E-state index contributed by atoms with van der Waals surface area (Å²) in [5.74, 6) is 0.902. The molecule has 0 saturated carbocycles. The third kappa shape index (κ3) is 2.51. The summed E-state index contributed by atoms with van der Waals surface area (Å²) in [5.41, 5.74) is 1.26. The Morgan fingerprint density at radius 1 is 1.33 bits per heavy atom. The van der Waals surface area contributed by atoms with E-state index in [-0.39, 0.29) is 35.1 Å². The van der Waals surface area contributed by atoms with E-state index in [4.69, 9.17) is 24.8 Å². The van der Waals surface area contributed by atoms with Gasteiger partial charge in [0.2, 0.25) is 0 Å². The standard InChI is InChI=1S/C12H14N2OS2.Na/c15-11-3-1-2-10-9-4-8(6-14(10)11)5-13(7-9)12(16)17;/h1-3,8-9H,4-7H2,(H,16,17);/q;+1/p-1/t8?,9-;/m0./s1. The van der Waals surface area contributed by atoms with Crippen LogP contribution >= 0.6 is 12.2 Å². The number of likely N-dealkylation sites (tertiary alicyclic amines) is 1. The zero-order valence-corrected chi connectivity index (χ0v) is 14.0. The smallest absolute Gasteiger partial charge is 0.411 e. The quantitative estimate of drug-likeness (QED) is 0.316. The van der Waals surface area contributed by atoms with Gasteiger partial charge in [-0.05, 0) is 18.4 Å². The van der Waals surface area contributed by atoms with Gasteiger partial charge in [0.15, 0.2) is 0 Å². The maximum atomic E-state index is 11.8. The normalized spacial score (nSPS) is 25.0. The summed E-state index contributed by atoms with van der Waals surface area (Å²) in [6, 6.07) is 5.54. The molecule has 0 spiro atoms. The summed E-state index contributed by atoms with van der Waals surface area (Å²) in [7, 11) is 0. The Hall–Kier alpha value is 0.0600. The monoisotopic (exact) mass is 288 g/mol. The predicted molar refractivity (Wildman–Crippen MR) is 73.1 cm³/mol. The van der Waals surface area contributed by atoms with Crippen LogP contribution in [0.4, 0.5) is 0 Å². The van der Waals surface area contributed by atoms with Crippen molar-refractivity contribution in [2.45, 2.75) is 18.9 Å². The molecule has 0 aliphatic carbocycles. The Labute approximate surface area is 139 Å². The van der Waals surface area contributed by atoms with Gasteiger partial charge in [-0.3, -0.25) is 4.79 Å². The number of piperidine rings is 1. The van der Waals surface area contributed by atoms with Gasteiger partial charge >= 0.3 is 29.6 Å². The van der Waals surface area contributed by atoms with Crippen molar-refractivity contribution >= 4 is 29.2 Å². The number of pyridine rings is 1. The molecule has 2 bridgehead atoms. The van der Waals surface area contributed by atoms with Crippen LogP contribution in [-0.4, -0.2) is 26.9 Å². The van der Waals surface area contributed by atoms with Crippen molar-refractivity contribution in [2.75, 3.05) is 13.1 Å². The van der Waals surface area contributed by atoms with E-state index in [0.717, 1.165) is 31.7 Å². The zero-order chi connectivity index (χ0) is 12.0. The molecule has 18 heavy (non-hydrogen) atoms. The Bertz CT molecular complexity index is 531. The first-order valence-electron chi connectivity index (χ1n) is 5.81. The summed E-state index contributed by atoms with van der Waals surface area (Å²) in [6.07, 6.45) is 1.15. The van der Waals surface area contributed by atoms with Crippen LogP contribution in [-0.2, 0) is 19.2 Å². The van der Waals surface area contributed by atoms with Gasteiger partial charge in [0.1, 0.15) is 0 Å². The molecule has 1 aromatic heterocycles. The van der Waals surface area contributed by atoms with Crippen molar-refractivity contribution in [3.8, 4) is 0 Å². The molecule has 1 saturated heterocycles. The van der Waals surface area contributed by atoms with Gasteiger partial charge in [-0.1, -0.05) is 10.4 Å². The Morgan fingerprint density at radius 3 is 2.83 bits per heavy atom. The molecule has 0 amide bonds. The van der Waals surface area contributed by atoms with E-state index in [1.807, 2.05) is 10.6 Å². The third-order valence-corrected chi connectivity index (χ3v) is 4.25. The second-order valence-electron chi connectivity index (χ2n) is 4.87. The van der Waals surface area contributed by atoms with Crippen LogP contribution in [0.3, 0.4) is 0 Å².